The van der Waals surface area contributed by atoms with Crippen molar-refractivity contribution < 1.29 is 0 Å². The van der Waals surface area contributed by atoms with Gasteiger partial charge in [0.1, 0.15) is 0 Å². The Balaban J connectivity index is 2.28. The third kappa shape index (κ3) is 3.70. The van der Waals surface area contributed by atoms with Crippen LogP contribution in [0.5, 0.6) is 0 Å². The van der Waals surface area contributed by atoms with Crippen LogP contribution < -0.4 is 5.32 Å². The Bertz CT molecular complexity index is 626. The fourth-order valence-corrected chi connectivity index (χ4v) is 2.38. The summed E-state index contributed by atoms with van der Waals surface area (Å²) >= 11 is 0. The highest BCUT2D eigenvalue weighted by Crippen LogP contribution is 2.17. The second-order valence-electron chi connectivity index (χ2n) is 6.21. The summed E-state index contributed by atoms with van der Waals surface area (Å²) in [4.78, 5) is 4.64. The first-order valence-corrected chi connectivity index (χ1v) is 7.60. The molecule has 0 aliphatic heterocycles. The Labute approximate surface area is 127 Å². The average Bonchev–Trinajstić information content (AvgIpc) is 2.65. The molecule has 1 N–H and O–H groups in total. The Morgan fingerprint density at radius 1 is 1.14 bits per heavy atom. The lowest BCUT2D eigenvalue weighted by atomic mass is 10.2. The van der Waals surface area contributed by atoms with Gasteiger partial charge in [0.25, 0.3) is 0 Å². The highest BCUT2D eigenvalue weighted by molar-refractivity contribution is 5.35. The number of nitrogens with one attached hydrogen (secondary N) is 1. The number of hydrogen-bond donors (Lipinski definition) is 1. The SMILES string of the molecule is Cc1cc(CNCC(C)C)cc(-n2nc(C)c(C)c2C)n1. The number of hydrogen-bond acceptors (Lipinski definition) is 3. The van der Waals surface area contributed by atoms with E-state index in [2.05, 4.69) is 55.2 Å². The number of pyridine rings is 1. The molecule has 4 heteroatoms. The van der Waals surface area contributed by atoms with Crippen LogP contribution in [0.4, 0.5) is 0 Å². The summed E-state index contributed by atoms with van der Waals surface area (Å²) in [6, 6.07) is 4.26. The molecule has 0 aliphatic carbocycles. The van der Waals surface area contributed by atoms with E-state index in [4.69, 9.17) is 0 Å². The minimum atomic E-state index is 0.658. The topological polar surface area (TPSA) is 42.7 Å². The standard InChI is InChI=1S/C17H26N4/c1-11(2)9-18-10-16-7-12(3)19-17(8-16)21-15(6)13(4)14(5)20-21/h7-8,11,18H,9-10H2,1-6H3. The second-order valence-corrected chi connectivity index (χ2v) is 6.21. The van der Waals surface area contributed by atoms with Gasteiger partial charge in [-0.15, -0.1) is 0 Å². The van der Waals surface area contributed by atoms with Crippen molar-refractivity contribution in [2.75, 3.05) is 6.54 Å². The Morgan fingerprint density at radius 3 is 2.43 bits per heavy atom. The van der Waals surface area contributed by atoms with E-state index in [0.29, 0.717) is 5.92 Å². The van der Waals surface area contributed by atoms with Gasteiger partial charge in [0.2, 0.25) is 0 Å². The number of nitrogens with zero attached hydrogens (tertiary/aromatic N) is 3. The summed E-state index contributed by atoms with van der Waals surface area (Å²) < 4.78 is 1.95. The molecule has 0 aromatic carbocycles. The van der Waals surface area contributed by atoms with Gasteiger partial charge in [0, 0.05) is 17.9 Å². The summed E-state index contributed by atoms with van der Waals surface area (Å²) in [5.74, 6) is 1.57. The molecule has 4 nitrogen and oxygen atoms in total. The first-order chi connectivity index (χ1) is 9.88. The van der Waals surface area contributed by atoms with Crippen LogP contribution in [0.1, 0.15) is 42.1 Å². The fraction of sp³-hybridized carbons (Fsp3) is 0.529. The summed E-state index contributed by atoms with van der Waals surface area (Å²) in [6.07, 6.45) is 0. The molecule has 0 unspecified atom stereocenters. The summed E-state index contributed by atoms with van der Waals surface area (Å²) in [5.41, 5.74) is 5.74. The largest absolute Gasteiger partial charge is 0.312 e. The quantitative estimate of drug-likeness (QED) is 0.917. The van der Waals surface area contributed by atoms with Gasteiger partial charge in [-0.2, -0.15) is 5.10 Å². The molecule has 0 atom stereocenters. The van der Waals surface area contributed by atoms with Gasteiger partial charge < -0.3 is 5.32 Å². The maximum atomic E-state index is 4.64. The van der Waals surface area contributed by atoms with Crippen LogP contribution in [0.3, 0.4) is 0 Å². The van der Waals surface area contributed by atoms with Crippen LogP contribution in [-0.4, -0.2) is 21.3 Å². The fourth-order valence-electron chi connectivity index (χ4n) is 2.38. The molecule has 21 heavy (non-hydrogen) atoms. The highest BCUT2D eigenvalue weighted by atomic mass is 15.3. The smallest absolute Gasteiger partial charge is 0.154 e. The minimum absolute atomic E-state index is 0.658. The molecule has 0 saturated carbocycles. The third-order valence-electron chi connectivity index (χ3n) is 3.75. The molecule has 0 saturated heterocycles. The Morgan fingerprint density at radius 2 is 1.86 bits per heavy atom. The zero-order chi connectivity index (χ0) is 15.6. The van der Waals surface area contributed by atoms with Crippen molar-refractivity contribution in [2.45, 2.75) is 48.1 Å². The highest BCUT2D eigenvalue weighted by Gasteiger charge is 2.11. The molecule has 0 spiro atoms. The van der Waals surface area contributed by atoms with Crippen LogP contribution in [0.15, 0.2) is 12.1 Å². The monoisotopic (exact) mass is 286 g/mol. The maximum Gasteiger partial charge on any atom is 0.154 e. The molecule has 2 heterocycles. The van der Waals surface area contributed by atoms with Crippen molar-refractivity contribution in [1.82, 2.24) is 20.1 Å². The number of rotatable bonds is 5. The van der Waals surface area contributed by atoms with Crippen molar-refractivity contribution in [3.05, 3.63) is 40.3 Å². The Kier molecular flexibility index (Phi) is 4.78. The van der Waals surface area contributed by atoms with Gasteiger partial charge in [-0.05, 0) is 63.4 Å². The predicted molar refractivity (Wildman–Crippen MR) is 86.9 cm³/mol. The molecule has 2 aromatic heterocycles. The van der Waals surface area contributed by atoms with E-state index in [1.54, 1.807) is 0 Å². The summed E-state index contributed by atoms with van der Waals surface area (Å²) in [6.45, 7) is 14.6. The lowest BCUT2D eigenvalue weighted by Crippen LogP contribution is -2.19. The lowest BCUT2D eigenvalue weighted by Gasteiger charge is -2.11. The van der Waals surface area contributed by atoms with Crippen molar-refractivity contribution in [2.24, 2.45) is 5.92 Å². The van der Waals surface area contributed by atoms with E-state index in [0.717, 1.165) is 36.0 Å². The zero-order valence-corrected chi connectivity index (χ0v) is 14.0. The van der Waals surface area contributed by atoms with Gasteiger partial charge in [-0.3, -0.25) is 0 Å². The van der Waals surface area contributed by atoms with Gasteiger partial charge in [-0.25, -0.2) is 9.67 Å². The van der Waals surface area contributed by atoms with Gasteiger partial charge in [-0.1, -0.05) is 13.8 Å². The predicted octanol–water partition coefficient (Wildman–Crippen LogP) is 3.25. The number of aryl methyl sites for hydroxylation is 2. The van der Waals surface area contributed by atoms with Crippen LogP contribution in [0.2, 0.25) is 0 Å². The van der Waals surface area contributed by atoms with Crippen LogP contribution in [0, 0.1) is 33.6 Å². The van der Waals surface area contributed by atoms with Crippen molar-refractivity contribution >= 4 is 0 Å². The maximum absolute atomic E-state index is 4.64. The lowest BCUT2D eigenvalue weighted by molar-refractivity contribution is 0.552. The van der Waals surface area contributed by atoms with Crippen LogP contribution >= 0.6 is 0 Å². The average molecular weight is 286 g/mol. The Hall–Kier alpha value is -1.68. The molecule has 0 aliphatic rings. The molecule has 0 bridgehead atoms. The molecule has 0 amide bonds. The summed E-state index contributed by atoms with van der Waals surface area (Å²) in [7, 11) is 0. The first-order valence-electron chi connectivity index (χ1n) is 7.60. The van der Waals surface area contributed by atoms with E-state index in [1.807, 2.05) is 18.5 Å². The molecular formula is C17H26N4. The van der Waals surface area contributed by atoms with E-state index < -0.39 is 0 Å². The molecule has 0 radical (unpaired) electrons. The minimum Gasteiger partial charge on any atom is -0.312 e. The van der Waals surface area contributed by atoms with E-state index in [1.165, 1.54) is 11.1 Å². The molecular weight excluding hydrogens is 260 g/mol. The van der Waals surface area contributed by atoms with Crippen LogP contribution in [-0.2, 0) is 6.54 Å². The van der Waals surface area contributed by atoms with Crippen molar-refractivity contribution in [1.29, 1.82) is 0 Å². The molecule has 0 fully saturated rings. The van der Waals surface area contributed by atoms with E-state index in [9.17, 15) is 0 Å². The third-order valence-corrected chi connectivity index (χ3v) is 3.75. The zero-order valence-electron chi connectivity index (χ0n) is 14.0. The van der Waals surface area contributed by atoms with Gasteiger partial charge >= 0.3 is 0 Å². The van der Waals surface area contributed by atoms with Crippen molar-refractivity contribution in [3.8, 4) is 5.82 Å². The first kappa shape index (κ1) is 15.7. The molecule has 2 aromatic rings. The summed E-state index contributed by atoms with van der Waals surface area (Å²) in [5, 5.41) is 8.09. The number of aromatic nitrogens is 3. The second kappa shape index (κ2) is 6.39. The van der Waals surface area contributed by atoms with E-state index in [-0.39, 0.29) is 0 Å². The van der Waals surface area contributed by atoms with Crippen LogP contribution in [0.25, 0.3) is 5.82 Å². The van der Waals surface area contributed by atoms with Gasteiger partial charge in [0.15, 0.2) is 5.82 Å². The normalized spacial score (nSPS) is 11.4. The molecule has 2 rings (SSSR count). The van der Waals surface area contributed by atoms with E-state index >= 15 is 0 Å². The molecule has 114 valence electrons. The van der Waals surface area contributed by atoms with Gasteiger partial charge in [0.05, 0.1) is 5.69 Å². The van der Waals surface area contributed by atoms with Crippen molar-refractivity contribution in [3.63, 3.8) is 0 Å².